The van der Waals surface area contributed by atoms with Gasteiger partial charge in [-0.1, -0.05) is 0 Å². The van der Waals surface area contributed by atoms with E-state index in [-0.39, 0.29) is 18.2 Å². The molecule has 0 aliphatic carbocycles. The molecule has 0 N–H and O–H groups in total. The van der Waals surface area contributed by atoms with Gasteiger partial charge < -0.3 is 0 Å². The summed E-state index contributed by atoms with van der Waals surface area (Å²) in [5.41, 5.74) is 1.60. The van der Waals surface area contributed by atoms with Crippen molar-refractivity contribution in [2.24, 2.45) is 5.10 Å². The second-order valence-electron chi connectivity index (χ2n) is 7.06. The fourth-order valence-electron chi connectivity index (χ4n) is 3.26. The van der Waals surface area contributed by atoms with Crippen LogP contribution in [0.3, 0.4) is 0 Å². The van der Waals surface area contributed by atoms with Crippen LogP contribution in [0.25, 0.3) is 0 Å². The summed E-state index contributed by atoms with van der Waals surface area (Å²) in [6.45, 7) is 1.98. The maximum atomic E-state index is 13.4. The van der Waals surface area contributed by atoms with Gasteiger partial charge in [0.1, 0.15) is 0 Å². The molecule has 1 atom stereocenters. The Morgan fingerprint density at radius 1 is 1.23 bits per heavy atom. The number of hydrazone groups is 1. The number of hydrogen-bond donors (Lipinski definition) is 0. The van der Waals surface area contributed by atoms with Crippen LogP contribution < -0.4 is 29.3 Å². The number of rotatable bonds is 5. The van der Waals surface area contributed by atoms with Gasteiger partial charge in [-0.25, -0.2) is 0 Å². The minimum atomic E-state index is -4.84. The van der Waals surface area contributed by atoms with Crippen molar-refractivity contribution in [2.75, 3.05) is 9.66 Å². The van der Waals surface area contributed by atoms with E-state index in [9.17, 15) is 23.2 Å². The molecule has 0 spiro atoms. The van der Waals surface area contributed by atoms with Gasteiger partial charge in [-0.3, -0.25) is 0 Å². The first-order chi connectivity index (χ1) is 16.6. The van der Waals surface area contributed by atoms with Crippen LogP contribution in [0.4, 0.5) is 23.7 Å². The Labute approximate surface area is 217 Å². The molecular formula is C21H14ClF3IN6O2S-. The van der Waals surface area contributed by atoms with Crippen molar-refractivity contribution in [1.29, 1.82) is 5.26 Å². The zero-order chi connectivity index (χ0) is 25.2. The van der Waals surface area contributed by atoms with Crippen LogP contribution in [0, 0.1) is 16.3 Å². The molecular weight excluding hydrogens is 620 g/mol. The molecule has 1 aromatic heterocycles. The van der Waals surface area contributed by atoms with Gasteiger partial charge in [0.25, 0.3) is 0 Å². The van der Waals surface area contributed by atoms with Crippen LogP contribution >= 0.6 is 22.9 Å². The molecule has 1 unspecified atom stereocenters. The van der Waals surface area contributed by atoms with E-state index in [0.717, 1.165) is 22.7 Å². The number of hydrogen-bond acceptors (Lipinski definition) is 7. The van der Waals surface area contributed by atoms with Crippen molar-refractivity contribution in [2.45, 2.75) is 19.2 Å². The van der Waals surface area contributed by atoms with E-state index in [1.807, 2.05) is 11.0 Å². The Hall–Kier alpha value is -2.96. The van der Waals surface area contributed by atoms with Gasteiger partial charge in [0.05, 0.1) is 0 Å². The second-order valence-corrected chi connectivity index (χ2v) is 10.6. The summed E-state index contributed by atoms with van der Waals surface area (Å²) in [5.74, 6) is -0.782. The molecule has 0 fully saturated rings. The van der Waals surface area contributed by atoms with E-state index in [0.29, 0.717) is 15.7 Å². The molecule has 4 rings (SSSR count). The Morgan fingerprint density at radius 2 is 1.91 bits per heavy atom. The first-order valence-corrected chi connectivity index (χ1v) is 13.0. The summed E-state index contributed by atoms with van der Waals surface area (Å²) in [6, 6.07) is 11.2. The Bertz CT molecular complexity index is 1290. The molecule has 1 aliphatic rings. The van der Waals surface area contributed by atoms with E-state index >= 15 is 0 Å². The van der Waals surface area contributed by atoms with Gasteiger partial charge in [-0.15, -0.1) is 0 Å². The number of halogens is 5. The van der Waals surface area contributed by atoms with Crippen molar-refractivity contribution < 1.29 is 44.2 Å². The SMILES string of the molecule is Cc1nnc(C2CN(C(=O)N([I-]C#N)c3ccc(OC(F)(F)F)cc3)N=C2c2ccc(Cl)cc2)s1. The molecule has 2 aromatic carbocycles. The molecule has 14 heteroatoms. The summed E-state index contributed by atoms with van der Waals surface area (Å²) in [4.78, 5) is 13.4. The molecule has 0 radical (unpaired) electrons. The average Bonchev–Trinajstić information content (AvgIpc) is 3.44. The predicted molar refractivity (Wildman–Crippen MR) is 119 cm³/mol. The number of nitriles is 1. The summed E-state index contributed by atoms with van der Waals surface area (Å²) < 4.78 is 44.5. The van der Waals surface area contributed by atoms with Gasteiger partial charge in [0.2, 0.25) is 0 Å². The third kappa shape index (κ3) is 6.00. The average molecular weight is 634 g/mol. The third-order valence-corrected chi connectivity index (χ3v) is 7.57. The number of carbonyl (C=O) groups excluding carboxylic acids is 1. The van der Waals surface area contributed by atoms with Gasteiger partial charge >= 0.3 is 218 Å². The van der Waals surface area contributed by atoms with E-state index in [2.05, 4.69) is 20.0 Å². The van der Waals surface area contributed by atoms with E-state index < -0.39 is 39.6 Å². The van der Waals surface area contributed by atoms with E-state index in [1.54, 1.807) is 24.3 Å². The maximum absolute atomic E-state index is 13.4. The van der Waals surface area contributed by atoms with Gasteiger partial charge in [-0.05, 0) is 0 Å². The van der Waals surface area contributed by atoms with Crippen LogP contribution in [0.2, 0.25) is 5.02 Å². The fourth-order valence-corrected chi connectivity index (χ4v) is 5.45. The first-order valence-electron chi connectivity index (χ1n) is 9.79. The molecule has 2 amide bonds. The molecule has 0 saturated carbocycles. The number of carbonyl (C=O) groups is 1. The van der Waals surface area contributed by atoms with Gasteiger partial charge in [0, 0.05) is 0 Å². The summed E-state index contributed by atoms with van der Waals surface area (Å²) in [6.07, 6.45) is -4.84. The molecule has 35 heavy (non-hydrogen) atoms. The normalized spacial score (nSPS) is 15.6. The second kappa shape index (κ2) is 10.3. The first kappa shape index (κ1) is 25.1. The molecule has 0 saturated heterocycles. The van der Waals surface area contributed by atoms with Gasteiger partial charge in [-0.2, -0.15) is 0 Å². The number of nitrogens with zero attached hydrogens (tertiary/aromatic N) is 6. The van der Waals surface area contributed by atoms with Gasteiger partial charge in [0.15, 0.2) is 0 Å². The Kier molecular flexibility index (Phi) is 7.43. The molecule has 3 aromatic rings. The van der Waals surface area contributed by atoms with Crippen molar-refractivity contribution in [3.05, 3.63) is 69.1 Å². The van der Waals surface area contributed by atoms with Crippen molar-refractivity contribution >= 4 is 40.4 Å². The Balaban J connectivity index is 1.64. The Morgan fingerprint density at radius 3 is 2.49 bits per heavy atom. The van der Waals surface area contributed by atoms with Crippen molar-refractivity contribution in [1.82, 2.24) is 15.2 Å². The van der Waals surface area contributed by atoms with Crippen LogP contribution in [0.1, 0.15) is 21.5 Å². The zero-order valence-electron chi connectivity index (χ0n) is 17.7. The number of urea groups is 1. The number of ether oxygens (including phenoxy) is 1. The van der Waals surface area contributed by atoms with Crippen LogP contribution in [-0.4, -0.2) is 39.9 Å². The summed E-state index contributed by atoms with van der Waals surface area (Å²) in [5, 5.41) is 25.4. The molecule has 8 nitrogen and oxygen atoms in total. The quantitative estimate of drug-likeness (QED) is 0.318. The number of anilines is 1. The fraction of sp³-hybridized carbons (Fsp3) is 0.190. The molecule has 182 valence electrons. The van der Waals surface area contributed by atoms with Crippen molar-refractivity contribution in [3.8, 4) is 9.83 Å². The number of amides is 2. The monoisotopic (exact) mass is 633 g/mol. The predicted octanol–water partition coefficient (Wildman–Crippen LogP) is 2.31. The number of benzene rings is 2. The van der Waals surface area contributed by atoms with E-state index in [1.165, 1.54) is 31.6 Å². The molecule has 0 bridgehead atoms. The van der Waals surface area contributed by atoms with Crippen LogP contribution in [0.15, 0.2) is 53.6 Å². The molecule has 1 aliphatic heterocycles. The standard InChI is InChI=1S/C21H14ClF3IN6O2S/c1-12-28-29-19(35-12)17-10-31(30-18(17)13-2-4-14(22)5-3-13)20(33)32(26-11-27)15-6-8-16(9-7-15)34-21(23,24)25/h2-9,17H,10H2,1H3/q-1. The summed E-state index contributed by atoms with van der Waals surface area (Å²) in [7, 11) is 0. The number of aryl methyl sites for hydroxylation is 1. The zero-order valence-corrected chi connectivity index (χ0v) is 21.4. The van der Waals surface area contributed by atoms with Crippen LogP contribution in [-0.2, 0) is 0 Å². The molecule has 2 heterocycles. The van der Waals surface area contributed by atoms with E-state index in [4.69, 9.17) is 11.6 Å². The number of alkyl halides is 3. The van der Waals surface area contributed by atoms with Crippen LogP contribution in [0.5, 0.6) is 5.75 Å². The minimum absolute atomic E-state index is 0.159. The van der Waals surface area contributed by atoms with Crippen molar-refractivity contribution in [3.63, 3.8) is 0 Å². The topological polar surface area (TPSA) is 94.7 Å². The number of aromatic nitrogens is 2. The summed E-state index contributed by atoms with van der Waals surface area (Å²) >= 11 is 5.93. The third-order valence-electron chi connectivity index (χ3n) is 4.70.